The first-order chi connectivity index (χ1) is 10.3. The molecule has 2 rings (SSSR count). The monoisotopic (exact) mass is 298 g/mol. The summed E-state index contributed by atoms with van der Waals surface area (Å²) >= 11 is 1.70. The van der Waals surface area contributed by atoms with Gasteiger partial charge in [0.25, 0.3) is 0 Å². The van der Waals surface area contributed by atoms with Crippen LogP contribution in [0.4, 0.5) is 0 Å². The Morgan fingerprint density at radius 2 is 1.86 bits per heavy atom. The summed E-state index contributed by atoms with van der Waals surface area (Å²) in [5.41, 5.74) is 4.68. The van der Waals surface area contributed by atoms with E-state index < -0.39 is 0 Å². The Morgan fingerprint density at radius 3 is 2.52 bits per heavy atom. The number of nitrogens with zero attached hydrogens (tertiary/aromatic N) is 1. The molecule has 0 saturated carbocycles. The minimum Gasteiger partial charge on any atom is -0.273 e. The Morgan fingerprint density at radius 1 is 1.14 bits per heavy atom. The summed E-state index contributed by atoms with van der Waals surface area (Å²) in [4.78, 5) is 12.9. The highest BCUT2D eigenvalue weighted by atomic mass is 32.2. The second kappa shape index (κ2) is 8.27. The summed E-state index contributed by atoms with van der Waals surface area (Å²) in [5.74, 6) is -0.0733. The lowest BCUT2D eigenvalue weighted by Crippen LogP contribution is -2.17. The van der Waals surface area contributed by atoms with Crippen molar-refractivity contribution in [3.05, 3.63) is 65.7 Å². The Hall–Kier alpha value is -2.07. The molecule has 2 aromatic rings. The molecule has 0 aliphatic heterocycles. The van der Waals surface area contributed by atoms with E-state index in [0.717, 1.165) is 17.5 Å². The van der Waals surface area contributed by atoms with Crippen molar-refractivity contribution in [2.24, 2.45) is 5.10 Å². The maximum absolute atomic E-state index is 11.7. The molecule has 0 fully saturated rings. The van der Waals surface area contributed by atoms with Gasteiger partial charge in [0.1, 0.15) is 0 Å². The lowest BCUT2D eigenvalue weighted by molar-refractivity contribution is -0.121. The van der Waals surface area contributed by atoms with Gasteiger partial charge in [0, 0.05) is 11.3 Å². The molecule has 0 saturated heterocycles. The number of benzene rings is 2. The molecule has 0 spiro atoms. The third-order valence-corrected chi connectivity index (χ3v) is 3.75. The van der Waals surface area contributed by atoms with E-state index in [4.69, 9.17) is 0 Å². The summed E-state index contributed by atoms with van der Waals surface area (Å²) in [5, 5.41) is 3.98. The third-order valence-electron chi connectivity index (χ3n) is 3.00. The zero-order valence-corrected chi connectivity index (χ0v) is 12.8. The second-order valence-electron chi connectivity index (χ2n) is 4.55. The first-order valence-electron chi connectivity index (χ1n) is 6.78. The maximum atomic E-state index is 11.7. The largest absolute Gasteiger partial charge is 0.273 e. The molecule has 4 heteroatoms. The fourth-order valence-corrected chi connectivity index (χ4v) is 2.24. The fraction of sp³-hybridized carbons (Fsp3) is 0.176. The van der Waals surface area contributed by atoms with Crippen molar-refractivity contribution in [2.45, 2.75) is 17.7 Å². The first kappa shape index (κ1) is 15.3. The van der Waals surface area contributed by atoms with Crippen LogP contribution in [0.1, 0.15) is 17.5 Å². The molecule has 2 aromatic carbocycles. The minimum absolute atomic E-state index is 0.0733. The van der Waals surface area contributed by atoms with Crippen LogP contribution >= 0.6 is 11.8 Å². The molecule has 0 heterocycles. The van der Waals surface area contributed by atoms with Crippen molar-refractivity contribution in [2.75, 3.05) is 6.26 Å². The number of hydrogen-bond donors (Lipinski definition) is 1. The standard InChI is InChI=1S/C17H18N2OS/c1-21-16-10-7-15(8-11-16)13-18-19-17(20)12-9-14-5-3-2-4-6-14/h2-8,10-11,13H,9,12H2,1H3,(H,19,20). The van der Waals surface area contributed by atoms with E-state index >= 15 is 0 Å². The SMILES string of the molecule is CSc1ccc(C=NNC(=O)CCc2ccccc2)cc1. The minimum atomic E-state index is -0.0733. The van der Waals surface area contributed by atoms with E-state index in [-0.39, 0.29) is 5.91 Å². The van der Waals surface area contributed by atoms with Crippen molar-refractivity contribution >= 4 is 23.9 Å². The predicted octanol–water partition coefficient (Wildman–Crippen LogP) is 3.49. The molecule has 3 nitrogen and oxygen atoms in total. The van der Waals surface area contributed by atoms with E-state index in [1.54, 1.807) is 18.0 Å². The van der Waals surface area contributed by atoms with Gasteiger partial charge in [-0.05, 0) is 35.9 Å². The third kappa shape index (κ3) is 5.44. The first-order valence-corrected chi connectivity index (χ1v) is 8.00. The smallest absolute Gasteiger partial charge is 0.240 e. The number of nitrogens with one attached hydrogen (secondary N) is 1. The van der Waals surface area contributed by atoms with E-state index in [9.17, 15) is 4.79 Å². The van der Waals surface area contributed by atoms with Crippen molar-refractivity contribution < 1.29 is 4.79 Å². The number of carbonyl (C=O) groups is 1. The number of carbonyl (C=O) groups excluding carboxylic acids is 1. The Kier molecular flexibility index (Phi) is 6.03. The van der Waals surface area contributed by atoms with Gasteiger partial charge in [-0.3, -0.25) is 4.79 Å². The number of rotatable bonds is 6. The summed E-state index contributed by atoms with van der Waals surface area (Å²) in [6, 6.07) is 18.0. The molecule has 0 radical (unpaired) electrons. The molecule has 1 amide bonds. The summed E-state index contributed by atoms with van der Waals surface area (Å²) in [7, 11) is 0. The number of amides is 1. The van der Waals surface area contributed by atoms with E-state index in [2.05, 4.69) is 10.5 Å². The Labute approximate surface area is 129 Å². The molecule has 0 atom stereocenters. The molecule has 0 bridgehead atoms. The quantitative estimate of drug-likeness (QED) is 0.504. The van der Waals surface area contributed by atoms with Gasteiger partial charge in [-0.2, -0.15) is 5.10 Å². The number of thioether (sulfide) groups is 1. The van der Waals surface area contributed by atoms with Gasteiger partial charge in [0.15, 0.2) is 0 Å². The van der Waals surface area contributed by atoms with Crippen LogP contribution in [0.15, 0.2) is 64.6 Å². The zero-order chi connectivity index (χ0) is 14.9. The van der Waals surface area contributed by atoms with Gasteiger partial charge in [-0.1, -0.05) is 42.5 Å². The van der Waals surface area contributed by atoms with Crippen LogP contribution in [0.2, 0.25) is 0 Å². The average Bonchev–Trinajstić information content (AvgIpc) is 2.54. The molecule has 1 N–H and O–H groups in total. The zero-order valence-electron chi connectivity index (χ0n) is 12.0. The molecule has 0 aromatic heterocycles. The van der Waals surface area contributed by atoms with Crippen molar-refractivity contribution in [1.82, 2.24) is 5.43 Å². The van der Waals surface area contributed by atoms with Crippen LogP contribution in [0.5, 0.6) is 0 Å². The lowest BCUT2D eigenvalue weighted by atomic mass is 10.1. The lowest BCUT2D eigenvalue weighted by Gasteiger charge is -2.01. The van der Waals surface area contributed by atoms with Gasteiger partial charge >= 0.3 is 0 Å². The summed E-state index contributed by atoms with van der Waals surface area (Å²) < 4.78 is 0. The van der Waals surface area contributed by atoms with Crippen molar-refractivity contribution in [3.63, 3.8) is 0 Å². The average molecular weight is 298 g/mol. The van der Waals surface area contributed by atoms with Gasteiger partial charge in [-0.15, -0.1) is 11.8 Å². The highest BCUT2D eigenvalue weighted by molar-refractivity contribution is 7.98. The van der Waals surface area contributed by atoms with E-state index in [0.29, 0.717) is 6.42 Å². The van der Waals surface area contributed by atoms with Crippen LogP contribution in [0.25, 0.3) is 0 Å². The second-order valence-corrected chi connectivity index (χ2v) is 5.43. The molecular weight excluding hydrogens is 280 g/mol. The van der Waals surface area contributed by atoms with Crippen molar-refractivity contribution in [3.8, 4) is 0 Å². The Bertz CT molecular complexity index is 594. The van der Waals surface area contributed by atoms with Crippen molar-refractivity contribution in [1.29, 1.82) is 0 Å². The van der Waals surface area contributed by atoms with Gasteiger partial charge in [0.2, 0.25) is 5.91 Å². The van der Waals surface area contributed by atoms with Crippen LogP contribution in [0.3, 0.4) is 0 Å². The van der Waals surface area contributed by atoms with Crippen LogP contribution in [-0.4, -0.2) is 18.4 Å². The fourth-order valence-electron chi connectivity index (χ4n) is 1.83. The van der Waals surface area contributed by atoms with Crippen LogP contribution in [0, 0.1) is 0 Å². The molecular formula is C17H18N2OS. The molecule has 108 valence electrons. The Balaban J connectivity index is 1.76. The molecule has 0 unspecified atom stereocenters. The predicted molar refractivity (Wildman–Crippen MR) is 88.7 cm³/mol. The topological polar surface area (TPSA) is 41.5 Å². The molecule has 0 aliphatic carbocycles. The molecule has 21 heavy (non-hydrogen) atoms. The van der Waals surface area contributed by atoms with Gasteiger partial charge in [0.05, 0.1) is 6.21 Å². The summed E-state index contributed by atoms with van der Waals surface area (Å²) in [6.07, 6.45) is 4.86. The van der Waals surface area contributed by atoms with Gasteiger partial charge < -0.3 is 0 Å². The summed E-state index contributed by atoms with van der Waals surface area (Å²) in [6.45, 7) is 0. The van der Waals surface area contributed by atoms with E-state index in [1.165, 1.54) is 4.90 Å². The highest BCUT2D eigenvalue weighted by Crippen LogP contribution is 2.13. The molecule has 0 aliphatic rings. The van der Waals surface area contributed by atoms with Crippen LogP contribution in [-0.2, 0) is 11.2 Å². The number of hydrazone groups is 1. The normalized spacial score (nSPS) is 10.7. The van der Waals surface area contributed by atoms with E-state index in [1.807, 2.05) is 60.9 Å². The maximum Gasteiger partial charge on any atom is 0.240 e. The number of hydrogen-bond acceptors (Lipinski definition) is 3. The van der Waals surface area contributed by atoms with Crippen LogP contribution < -0.4 is 5.43 Å². The van der Waals surface area contributed by atoms with Gasteiger partial charge in [-0.25, -0.2) is 5.43 Å². The highest BCUT2D eigenvalue weighted by Gasteiger charge is 2.00. The number of aryl methyl sites for hydroxylation is 1.